The Morgan fingerprint density at radius 2 is 1.58 bits per heavy atom. The molecular weight excluding hydrogens is 320 g/mol. The SMILES string of the molecule is O=C([C@@H](c1ccccc1)C1CCCC1)N1CCC(c2ccncc2)CC1. The van der Waals surface area contributed by atoms with Crippen LogP contribution in [-0.2, 0) is 4.79 Å². The Morgan fingerprint density at radius 3 is 2.23 bits per heavy atom. The second kappa shape index (κ2) is 8.03. The summed E-state index contributed by atoms with van der Waals surface area (Å²) in [6, 6.07) is 14.7. The van der Waals surface area contributed by atoms with E-state index < -0.39 is 0 Å². The highest BCUT2D eigenvalue weighted by Crippen LogP contribution is 2.39. The van der Waals surface area contributed by atoms with Gasteiger partial charge in [0.25, 0.3) is 0 Å². The summed E-state index contributed by atoms with van der Waals surface area (Å²) in [4.78, 5) is 19.7. The molecule has 1 saturated heterocycles. The van der Waals surface area contributed by atoms with Crippen LogP contribution in [0, 0.1) is 5.92 Å². The van der Waals surface area contributed by atoms with Gasteiger partial charge in [-0.2, -0.15) is 0 Å². The lowest BCUT2D eigenvalue weighted by atomic mass is 9.82. The number of carbonyl (C=O) groups excluding carboxylic acids is 1. The number of amides is 1. The zero-order valence-electron chi connectivity index (χ0n) is 15.4. The van der Waals surface area contributed by atoms with E-state index in [0.717, 1.165) is 25.9 Å². The Kier molecular flexibility index (Phi) is 5.33. The smallest absolute Gasteiger partial charge is 0.230 e. The van der Waals surface area contributed by atoms with Gasteiger partial charge >= 0.3 is 0 Å². The minimum absolute atomic E-state index is 0.0520. The molecule has 4 rings (SSSR count). The molecule has 1 aromatic heterocycles. The Labute approximate surface area is 156 Å². The van der Waals surface area contributed by atoms with E-state index in [1.54, 1.807) is 0 Å². The zero-order valence-corrected chi connectivity index (χ0v) is 15.4. The standard InChI is InChI=1S/C23H28N2O/c26-23(22(21-8-4-5-9-21)20-6-2-1-3-7-20)25-16-12-19(13-17-25)18-10-14-24-15-11-18/h1-3,6-7,10-11,14-15,19,21-22H,4-5,8-9,12-13,16-17H2/t22-/m0/s1. The zero-order chi connectivity index (χ0) is 17.8. The van der Waals surface area contributed by atoms with Gasteiger partial charge in [-0.1, -0.05) is 43.2 Å². The first-order valence-corrected chi connectivity index (χ1v) is 10.1. The number of pyridine rings is 1. The Bertz CT molecular complexity index is 702. The molecule has 1 aliphatic heterocycles. The third-order valence-corrected chi connectivity index (χ3v) is 6.28. The number of nitrogens with zero attached hydrogens (tertiary/aromatic N) is 2. The molecule has 2 fully saturated rings. The molecule has 1 aliphatic carbocycles. The number of likely N-dealkylation sites (tertiary alicyclic amines) is 1. The molecular formula is C23H28N2O. The van der Waals surface area contributed by atoms with E-state index in [0.29, 0.717) is 17.7 Å². The van der Waals surface area contributed by atoms with Crippen molar-refractivity contribution in [1.29, 1.82) is 0 Å². The van der Waals surface area contributed by atoms with Crippen LogP contribution in [0.25, 0.3) is 0 Å². The first-order valence-electron chi connectivity index (χ1n) is 10.1. The van der Waals surface area contributed by atoms with Crippen LogP contribution in [0.3, 0.4) is 0 Å². The Morgan fingerprint density at radius 1 is 0.923 bits per heavy atom. The van der Waals surface area contributed by atoms with Crippen molar-refractivity contribution < 1.29 is 4.79 Å². The monoisotopic (exact) mass is 348 g/mol. The van der Waals surface area contributed by atoms with Crippen LogP contribution in [-0.4, -0.2) is 28.9 Å². The van der Waals surface area contributed by atoms with Crippen LogP contribution in [0.2, 0.25) is 0 Å². The molecule has 0 spiro atoms. The summed E-state index contributed by atoms with van der Waals surface area (Å²) in [7, 11) is 0. The molecule has 3 nitrogen and oxygen atoms in total. The van der Waals surface area contributed by atoms with Crippen molar-refractivity contribution in [3.05, 3.63) is 66.0 Å². The van der Waals surface area contributed by atoms with Crippen molar-refractivity contribution in [2.45, 2.75) is 50.4 Å². The van der Waals surface area contributed by atoms with Gasteiger partial charge in [0.2, 0.25) is 5.91 Å². The normalized spacial score (nSPS) is 20.2. The second-order valence-corrected chi connectivity index (χ2v) is 7.81. The molecule has 1 atom stereocenters. The van der Waals surface area contributed by atoms with Crippen LogP contribution < -0.4 is 0 Å². The van der Waals surface area contributed by atoms with E-state index in [-0.39, 0.29) is 5.92 Å². The van der Waals surface area contributed by atoms with Crippen molar-refractivity contribution in [3.8, 4) is 0 Å². The van der Waals surface area contributed by atoms with E-state index in [2.05, 4.69) is 46.3 Å². The van der Waals surface area contributed by atoms with Gasteiger partial charge in [-0.25, -0.2) is 0 Å². The average Bonchev–Trinajstić information content (AvgIpc) is 3.24. The number of carbonyl (C=O) groups is 1. The number of hydrogen-bond acceptors (Lipinski definition) is 2. The van der Waals surface area contributed by atoms with Crippen LogP contribution in [0.1, 0.15) is 61.5 Å². The molecule has 3 heteroatoms. The molecule has 0 radical (unpaired) electrons. The molecule has 1 aromatic carbocycles. The van der Waals surface area contributed by atoms with Gasteiger partial charge in [0.1, 0.15) is 0 Å². The summed E-state index contributed by atoms with van der Waals surface area (Å²) in [5.41, 5.74) is 2.57. The number of aromatic nitrogens is 1. The van der Waals surface area contributed by atoms with Crippen molar-refractivity contribution in [2.75, 3.05) is 13.1 Å². The highest BCUT2D eigenvalue weighted by molar-refractivity contribution is 5.84. The van der Waals surface area contributed by atoms with Gasteiger partial charge in [-0.05, 0) is 60.8 Å². The largest absolute Gasteiger partial charge is 0.342 e. The van der Waals surface area contributed by atoms with E-state index in [1.165, 1.54) is 36.8 Å². The second-order valence-electron chi connectivity index (χ2n) is 7.81. The van der Waals surface area contributed by atoms with Crippen molar-refractivity contribution in [3.63, 3.8) is 0 Å². The van der Waals surface area contributed by atoms with Crippen molar-refractivity contribution >= 4 is 5.91 Å². The molecule has 136 valence electrons. The molecule has 0 bridgehead atoms. The molecule has 1 saturated carbocycles. The Hall–Kier alpha value is -2.16. The maximum Gasteiger partial charge on any atom is 0.230 e. The molecule has 0 unspecified atom stereocenters. The Balaban J connectivity index is 1.47. The fourth-order valence-corrected chi connectivity index (χ4v) is 4.83. The first-order chi connectivity index (χ1) is 12.8. The van der Waals surface area contributed by atoms with Gasteiger partial charge in [0.15, 0.2) is 0 Å². The fourth-order valence-electron chi connectivity index (χ4n) is 4.83. The lowest BCUT2D eigenvalue weighted by Crippen LogP contribution is -2.42. The number of rotatable bonds is 4. The van der Waals surface area contributed by atoms with Gasteiger partial charge < -0.3 is 4.90 Å². The van der Waals surface area contributed by atoms with E-state index >= 15 is 0 Å². The van der Waals surface area contributed by atoms with Gasteiger partial charge in [0, 0.05) is 25.5 Å². The first kappa shape index (κ1) is 17.3. The van der Waals surface area contributed by atoms with Gasteiger partial charge in [-0.15, -0.1) is 0 Å². The number of benzene rings is 1. The van der Waals surface area contributed by atoms with Crippen molar-refractivity contribution in [2.24, 2.45) is 5.92 Å². The van der Waals surface area contributed by atoms with E-state index in [9.17, 15) is 4.79 Å². The lowest BCUT2D eigenvalue weighted by Gasteiger charge is -2.36. The molecule has 26 heavy (non-hydrogen) atoms. The summed E-state index contributed by atoms with van der Waals surface area (Å²) in [5.74, 6) is 1.49. The predicted molar refractivity (Wildman–Crippen MR) is 104 cm³/mol. The minimum Gasteiger partial charge on any atom is -0.342 e. The summed E-state index contributed by atoms with van der Waals surface area (Å²) in [5, 5.41) is 0. The van der Waals surface area contributed by atoms with E-state index in [1.807, 2.05) is 18.5 Å². The lowest BCUT2D eigenvalue weighted by molar-refractivity contribution is -0.135. The quantitative estimate of drug-likeness (QED) is 0.798. The number of piperidine rings is 1. The predicted octanol–water partition coefficient (Wildman–Crippen LogP) is 4.76. The molecule has 2 heterocycles. The number of hydrogen-bond donors (Lipinski definition) is 0. The minimum atomic E-state index is 0.0520. The summed E-state index contributed by atoms with van der Waals surface area (Å²) >= 11 is 0. The maximum absolute atomic E-state index is 13.4. The topological polar surface area (TPSA) is 33.2 Å². The van der Waals surface area contributed by atoms with Crippen LogP contribution in [0.4, 0.5) is 0 Å². The summed E-state index contributed by atoms with van der Waals surface area (Å²) in [6.07, 6.45) is 10.8. The fraction of sp³-hybridized carbons (Fsp3) is 0.478. The summed E-state index contributed by atoms with van der Waals surface area (Å²) in [6.45, 7) is 1.75. The molecule has 2 aliphatic rings. The third kappa shape index (κ3) is 3.67. The maximum atomic E-state index is 13.4. The van der Waals surface area contributed by atoms with Gasteiger partial charge in [0.05, 0.1) is 5.92 Å². The van der Waals surface area contributed by atoms with Crippen LogP contribution in [0.15, 0.2) is 54.9 Å². The highest BCUT2D eigenvalue weighted by atomic mass is 16.2. The molecule has 1 amide bonds. The summed E-state index contributed by atoms with van der Waals surface area (Å²) < 4.78 is 0. The molecule has 0 N–H and O–H groups in total. The third-order valence-electron chi connectivity index (χ3n) is 6.28. The van der Waals surface area contributed by atoms with Gasteiger partial charge in [-0.3, -0.25) is 9.78 Å². The van der Waals surface area contributed by atoms with Crippen molar-refractivity contribution in [1.82, 2.24) is 9.88 Å². The molecule has 2 aromatic rings. The average molecular weight is 348 g/mol. The van der Waals surface area contributed by atoms with Crippen LogP contribution in [0.5, 0.6) is 0 Å². The highest BCUT2D eigenvalue weighted by Gasteiger charge is 2.35. The van der Waals surface area contributed by atoms with E-state index in [4.69, 9.17) is 0 Å². The van der Waals surface area contributed by atoms with Crippen LogP contribution >= 0.6 is 0 Å².